The predicted octanol–water partition coefficient (Wildman–Crippen LogP) is 15.9. The molecule has 5 nitrogen and oxygen atoms in total. The van der Waals surface area contributed by atoms with Crippen LogP contribution < -0.4 is 9.30 Å². The minimum atomic E-state index is -2.74. The molecule has 0 atom stereocenters. The summed E-state index contributed by atoms with van der Waals surface area (Å²) >= 11 is 0. The summed E-state index contributed by atoms with van der Waals surface area (Å²) in [6, 6.07) is 52.7. The molecule has 0 aliphatic heterocycles. The molecule has 11 aromatic rings. The summed E-state index contributed by atoms with van der Waals surface area (Å²) in [4.78, 5) is 4.74. The van der Waals surface area contributed by atoms with Crippen LogP contribution in [0.15, 0.2) is 200 Å². The van der Waals surface area contributed by atoms with Gasteiger partial charge in [0.1, 0.15) is 17.3 Å². The van der Waals surface area contributed by atoms with Crippen molar-refractivity contribution in [2.45, 2.75) is 59.2 Å². The fourth-order valence-electron chi connectivity index (χ4n) is 9.21. The number of benzene rings is 8. The number of imidazole rings is 1. The molecule has 0 radical (unpaired) electrons. The second-order valence-corrected chi connectivity index (χ2v) is 19.3. The van der Waals surface area contributed by atoms with Gasteiger partial charge in [-0.05, 0) is 105 Å². The van der Waals surface area contributed by atoms with E-state index >= 15 is 0 Å². The lowest BCUT2D eigenvalue weighted by Crippen LogP contribution is -2.31. The van der Waals surface area contributed by atoms with Crippen molar-refractivity contribution < 1.29 is 20.3 Å². The third-order valence-electron chi connectivity index (χ3n) is 12.7. The summed E-state index contributed by atoms with van der Waals surface area (Å²) in [7, 11) is 0. The number of hydrogen-bond acceptors (Lipinski definition) is 2. The number of fused-ring (bicyclic) bond motifs is 4. The van der Waals surface area contributed by atoms with E-state index < -0.39 is 37.1 Å². The number of aryl methyl sites for hydroxylation is 1. The lowest BCUT2D eigenvalue weighted by molar-refractivity contribution is -0.571. The Labute approximate surface area is 410 Å². The van der Waals surface area contributed by atoms with Crippen LogP contribution in [-0.4, -0.2) is 14.1 Å². The minimum absolute atomic E-state index is 0.0563. The van der Waals surface area contributed by atoms with Crippen molar-refractivity contribution in [3.63, 3.8) is 0 Å². The molecule has 5 heteroatoms. The monoisotopic (exact) mass is 890 g/mol. The molecule has 11 rings (SSSR count). The highest BCUT2D eigenvalue weighted by Gasteiger charge is 2.23. The van der Waals surface area contributed by atoms with E-state index in [4.69, 9.17) is 20.7 Å². The molecule has 0 saturated heterocycles. The van der Waals surface area contributed by atoms with Crippen LogP contribution in [0.3, 0.4) is 0 Å². The third kappa shape index (κ3) is 7.74. The van der Waals surface area contributed by atoms with E-state index in [9.17, 15) is 0 Å². The van der Waals surface area contributed by atoms with Gasteiger partial charge in [-0.3, -0.25) is 13.7 Å². The molecule has 0 N–H and O–H groups in total. The highest BCUT2D eigenvalue weighted by Crippen LogP contribution is 2.39. The first kappa shape index (κ1) is 34.3. The maximum atomic E-state index is 8.64. The van der Waals surface area contributed by atoms with Crippen LogP contribution in [0.4, 0.5) is 0 Å². The van der Waals surface area contributed by atoms with Crippen molar-refractivity contribution in [1.82, 2.24) is 14.1 Å². The van der Waals surface area contributed by atoms with E-state index in [1.54, 1.807) is 0 Å². The molecule has 3 aromatic heterocycles. The van der Waals surface area contributed by atoms with Gasteiger partial charge in [0.25, 0.3) is 6.33 Å². The van der Waals surface area contributed by atoms with Gasteiger partial charge >= 0.3 is 0 Å². The number of pyridine rings is 1. The zero-order chi connectivity index (χ0) is 53.6. The molecule has 0 spiro atoms. The highest BCUT2D eigenvalue weighted by molar-refractivity contribution is 6.09. The van der Waals surface area contributed by atoms with Crippen LogP contribution in [0.5, 0.6) is 11.5 Å². The molecule has 8 aromatic carbocycles. The van der Waals surface area contributed by atoms with Crippen LogP contribution in [0, 0.1) is 13.2 Å². The van der Waals surface area contributed by atoms with Crippen molar-refractivity contribution >= 4 is 32.8 Å². The van der Waals surface area contributed by atoms with E-state index in [1.165, 1.54) is 23.4 Å². The van der Waals surface area contributed by atoms with Gasteiger partial charge in [-0.2, -0.15) is 0 Å². The molecular weight excluding hydrogens is 829 g/mol. The fourth-order valence-corrected chi connectivity index (χ4v) is 9.21. The van der Waals surface area contributed by atoms with Gasteiger partial charge in [0.15, 0.2) is 0 Å². The number of rotatable bonds is 8. The van der Waals surface area contributed by atoms with Gasteiger partial charge in [0.05, 0.1) is 40.3 Å². The Bertz CT molecular complexity index is 4020. The molecule has 0 bridgehead atoms. The third-order valence-corrected chi connectivity index (χ3v) is 12.7. The number of hydrogen-bond donors (Lipinski definition) is 0. The Morgan fingerprint density at radius 1 is 0.559 bits per heavy atom. The summed E-state index contributed by atoms with van der Waals surface area (Å²) in [6.45, 7) is 10.7. The van der Waals surface area contributed by atoms with Crippen LogP contribution in [-0.2, 0) is 10.8 Å². The van der Waals surface area contributed by atoms with E-state index in [-0.39, 0.29) is 33.3 Å². The van der Waals surface area contributed by atoms with E-state index in [0.29, 0.717) is 17.0 Å². The van der Waals surface area contributed by atoms with E-state index in [2.05, 4.69) is 142 Å². The smallest absolute Gasteiger partial charge is 0.269 e. The van der Waals surface area contributed by atoms with E-state index in [0.717, 1.165) is 61.0 Å². The molecule has 68 heavy (non-hydrogen) atoms. The van der Waals surface area contributed by atoms with Crippen LogP contribution in [0.2, 0.25) is 0 Å². The van der Waals surface area contributed by atoms with Crippen molar-refractivity contribution in [2.75, 3.05) is 0 Å². The number of para-hydroxylation sites is 4. The molecule has 0 aliphatic carbocycles. The summed E-state index contributed by atoms with van der Waals surface area (Å²) in [6.07, 6.45) is 5.10. The Kier molecular flexibility index (Phi) is 8.42. The standard InChI is InChI=1S/C63H54N4O/c1-42-35-60(64-40-55(42)43-19-9-8-10-20-43)67-56-30-12-11-27-53(56)54-34-33-50(39-59(54)67)68-49-26-17-25-48(38-49)65-41-66(58-32-14-13-31-57(58)65)61-51(44-21-15-23-46(36-44)62(2,3)4)28-18-29-52(61)45-22-16-24-47(37-45)63(5,6)7/h8-40H,1-7H3/i1D3,8D,9D,10D,19D,20D. The largest absolute Gasteiger partial charge is 0.458 e. The first-order valence-corrected chi connectivity index (χ1v) is 22.9. The Hall–Kier alpha value is -8.02. The predicted molar refractivity (Wildman–Crippen MR) is 281 cm³/mol. The van der Waals surface area contributed by atoms with Gasteiger partial charge in [0, 0.05) is 32.7 Å². The summed E-state index contributed by atoms with van der Waals surface area (Å²) in [5.74, 6) is 1.36. The van der Waals surface area contributed by atoms with Gasteiger partial charge in [0.2, 0.25) is 0 Å². The Morgan fingerprint density at radius 3 is 1.90 bits per heavy atom. The second-order valence-electron chi connectivity index (χ2n) is 19.3. The second kappa shape index (κ2) is 16.7. The molecule has 332 valence electrons. The average Bonchev–Trinajstić information content (AvgIpc) is 3.97. The van der Waals surface area contributed by atoms with Crippen molar-refractivity contribution in [2.24, 2.45) is 0 Å². The van der Waals surface area contributed by atoms with Gasteiger partial charge in [-0.15, -0.1) is 0 Å². The van der Waals surface area contributed by atoms with Crippen LogP contribution in [0.1, 0.15) is 69.2 Å². The summed E-state index contributed by atoms with van der Waals surface area (Å²) in [5.41, 5.74) is 11.5. The minimum Gasteiger partial charge on any atom is -0.458 e. The lowest BCUT2D eigenvalue weighted by Gasteiger charge is -2.23. The molecule has 3 heterocycles. The summed E-state index contributed by atoms with van der Waals surface area (Å²) in [5, 5.41) is 1.77. The Morgan fingerprint density at radius 2 is 1.19 bits per heavy atom. The highest BCUT2D eigenvalue weighted by atomic mass is 16.5. The molecule has 0 aliphatic rings. The van der Waals surface area contributed by atoms with Gasteiger partial charge in [-0.1, -0.05) is 187 Å². The van der Waals surface area contributed by atoms with Crippen LogP contribution >= 0.6 is 0 Å². The van der Waals surface area contributed by atoms with Crippen LogP contribution in [0.25, 0.3) is 83.4 Å². The topological polar surface area (TPSA) is 35.9 Å². The number of nitrogens with zero attached hydrogens (tertiary/aromatic N) is 4. The fraction of sp³-hybridized carbons (Fsp3) is 0.143. The average molecular weight is 891 g/mol. The maximum absolute atomic E-state index is 8.64. The zero-order valence-corrected chi connectivity index (χ0v) is 38.9. The van der Waals surface area contributed by atoms with Gasteiger partial charge < -0.3 is 4.74 Å². The Balaban J connectivity index is 1.03. The molecule has 0 saturated carbocycles. The molecule has 0 unspecified atom stereocenters. The lowest BCUT2D eigenvalue weighted by atomic mass is 9.84. The van der Waals surface area contributed by atoms with Crippen molar-refractivity contribution in [3.05, 3.63) is 223 Å². The SMILES string of the molecule is [2H]c1c([2H])c([2H])c(-c2cnc(-n3c4ccccc4c4ccc(Oc5cccc(-n6[c-][n+](-c7c(-c8cccc(C(C)(C)C)c8)cccc7-c7cccc(C(C)(C)C)c7)c7ccccc76)c5)cc43)cc2C([2H])([2H])[2H])c([2H])c1[2H]. The van der Waals surface area contributed by atoms with Crippen molar-refractivity contribution in [3.8, 4) is 62.1 Å². The number of ether oxygens (including phenoxy) is 1. The first-order valence-electron chi connectivity index (χ1n) is 26.9. The first-order chi connectivity index (χ1) is 36.2. The molecular formula is C63H54N4O. The quantitative estimate of drug-likeness (QED) is 0.113. The number of aromatic nitrogens is 4. The van der Waals surface area contributed by atoms with E-state index in [1.807, 2.05) is 77.4 Å². The summed E-state index contributed by atoms with van der Waals surface area (Å²) < 4.78 is 80.6. The zero-order valence-electron chi connectivity index (χ0n) is 46.9. The van der Waals surface area contributed by atoms with Crippen molar-refractivity contribution in [1.29, 1.82) is 0 Å². The molecule has 0 fully saturated rings. The normalized spacial score (nSPS) is 13.9. The molecule has 0 amide bonds. The van der Waals surface area contributed by atoms with Gasteiger partial charge in [-0.25, -0.2) is 4.98 Å². The maximum Gasteiger partial charge on any atom is 0.269 e.